The zero-order valence-electron chi connectivity index (χ0n) is 55.4. The van der Waals surface area contributed by atoms with Gasteiger partial charge in [0.15, 0.2) is 43.3 Å². The second kappa shape index (κ2) is 35.8. The normalized spacial score (nSPS) is 24.5. The zero-order valence-corrected chi connectivity index (χ0v) is 55.4. The monoisotopic (exact) mass is 1400 g/mol. The number of rotatable bonds is 28. The van der Waals surface area contributed by atoms with Crippen LogP contribution >= 0.6 is 0 Å². The van der Waals surface area contributed by atoms with E-state index in [0.717, 1.165) is 11.1 Å². The Labute approximate surface area is 593 Å². The fourth-order valence-electron chi connectivity index (χ4n) is 11.9. The van der Waals surface area contributed by atoms with Crippen molar-refractivity contribution in [1.82, 2.24) is 0 Å². The average Bonchev–Trinajstić information content (AvgIpc) is 0.759. The van der Waals surface area contributed by atoms with Gasteiger partial charge in [0.2, 0.25) is 0 Å². The van der Waals surface area contributed by atoms with Gasteiger partial charge < -0.3 is 76.5 Å². The van der Waals surface area contributed by atoms with Gasteiger partial charge in [-0.2, -0.15) is 0 Å². The fourth-order valence-corrected chi connectivity index (χ4v) is 11.9. The van der Waals surface area contributed by atoms with E-state index in [1.165, 1.54) is 72.8 Å². The lowest BCUT2D eigenvalue weighted by Crippen LogP contribution is -2.68. The van der Waals surface area contributed by atoms with Crippen LogP contribution in [-0.4, -0.2) is 158 Å². The minimum atomic E-state index is -2.17. The van der Waals surface area contributed by atoms with Crippen LogP contribution < -0.4 is 0 Å². The molecular formula is C81H74O22. The summed E-state index contributed by atoms with van der Waals surface area (Å²) in [7, 11) is 0. The van der Waals surface area contributed by atoms with E-state index in [0.29, 0.717) is 5.56 Å². The quantitative estimate of drug-likeness (QED) is 0.0341. The SMILES string of the molecule is O=C(OC[C@H]1O[C@H](O[C@@H]2[C@H](OC(=O)c3ccccc3)[C@@H](O[C@H]3[C@@H](OCc4ccccc4)[C@H](OCc4ccccc4)[C@@H](COCc4ccccc4)O[C@@H]3O)O[C@H](COC(=O)c3ccccc3)[C@H]2OC(=O)c2ccccc2)[C@@H](OC(=O)c2ccccc2)[C@@H](O)[C@@H]1OC(=O)c1ccccc1)c1ccccc1. The molecule has 9 aromatic rings. The van der Waals surface area contributed by atoms with E-state index < -0.39 is 141 Å². The van der Waals surface area contributed by atoms with Crippen molar-refractivity contribution in [3.63, 3.8) is 0 Å². The Bertz CT molecular complexity index is 4150. The predicted octanol–water partition coefficient (Wildman–Crippen LogP) is 10.3. The van der Waals surface area contributed by atoms with E-state index in [1.54, 1.807) is 109 Å². The molecule has 0 amide bonds. The molecule has 12 rings (SSSR count). The molecule has 0 saturated carbocycles. The van der Waals surface area contributed by atoms with E-state index in [-0.39, 0.29) is 59.8 Å². The predicted molar refractivity (Wildman–Crippen MR) is 366 cm³/mol. The number of hydrogen-bond acceptors (Lipinski definition) is 22. The van der Waals surface area contributed by atoms with Crippen molar-refractivity contribution in [2.75, 3.05) is 19.8 Å². The molecule has 3 heterocycles. The Morgan fingerprint density at radius 2 is 0.583 bits per heavy atom. The first-order chi connectivity index (χ1) is 50.4. The van der Waals surface area contributed by atoms with Crippen LogP contribution in [-0.2, 0) is 86.1 Å². The molecule has 0 unspecified atom stereocenters. The van der Waals surface area contributed by atoms with Crippen LogP contribution in [0.15, 0.2) is 273 Å². The van der Waals surface area contributed by atoms with Crippen molar-refractivity contribution in [1.29, 1.82) is 0 Å². The summed E-state index contributed by atoms with van der Waals surface area (Å²) in [4.78, 5) is 87.1. The zero-order chi connectivity index (χ0) is 71.3. The highest BCUT2D eigenvalue weighted by molar-refractivity contribution is 5.92. The molecule has 3 aliphatic heterocycles. The standard InChI is InChI=1S/C81H74O22/c82-64-65(98-75(85)57-38-20-6-21-39-57)62(50-93-73(83)55-34-16-4-17-35-55)96-80(68(64)100-77(87)59-42-24-8-25-43-59)102-70-67(99-76(86)58-40-22-7-23-41-58)63(51-94-74(84)56-36-18-5-19-37-56)97-81(72(70)101-78(88)60-44-26-9-27-45-60)103-71-69(92-48-54-32-14-3-15-33-54)66(91-47-53-30-12-2-13-31-53)61(95-79(71)89)49-90-46-52-28-10-1-11-29-52/h1-45,61-72,79-82,89H,46-51H2/t61-,62-,63-,64+,65-,66-,67-,68+,69+,70+,71+,72+,79+,80-,81-/m1/s1. The molecule has 3 saturated heterocycles. The summed E-state index contributed by atoms with van der Waals surface area (Å²) in [5.74, 6) is -5.83. The number of benzene rings is 9. The summed E-state index contributed by atoms with van der Waals surface area (Å²) < 4.78 is 91.9. The molecule has 0 aliphatic carbocycles. The third-order valence-electron chi connectivity index (χ3n) is 17.2. The summed E-state index contributed by atoms with van der Waals surface area (Å²) in [5, 5.41) is 25.8. The fraction of sp³-hybridized carbons (Fsp3) is 0.259. The van der Waals surface area contributed by atoms with Gasteiger partial charge in [-0.05, 0) is 89.5 Å². The maximum atomic E-state index is 15.2. The van der Waals surface area contributed by atoms with Crippen LogP contribution in [0.4, 0.5) is 0 Å². The molecule has 3 aliphatic rings. The molecule has 22 heteroatoms. The summed E-state index contributed by atoms with van der Waals surface area (Å²) >= 11 is 0. The number of carbonyl (C=O) groups is 6. The number of esters is 6. The number of hydrogen-bond donors (Lipinski definition) is 2. The lowest BCUT2D eigenvalue weighted by molar-refractivity contribution is -0.384. The number of aliphatic hydroxyl groups excluding tert-OH is 2. The lowest BCUT2D eigenvalue weighted by Gasteiger charge is -2.50. The minimum Gasteiger partial charge on any atom is -0.459 e. The highest BCUT2D eigenvalue weighted by Crippen LogP contribution is 2.39. The topological polar surface area (TPSA) is 272 Å². The first-order valence-corrected chi connectivity index (χ1v) is 33.5. The van der Waals surface area contributed by atoms with Gasteiger partial charge in [-0.15, -0.1) is 0 Å². The van der Waals surface area contributed by atoms with Crippen LogP contribution in [0.2, 0.25) is 0 Å². The van der Waals surface area contributed by atoms with Crippen molar-refractivity contribution in [3.05, 3.63) is 323 Å². The summed E-state index contributed by atoms with van der Waals surface area (Å²) in [6.07, 6.45) is -27.1. The summed E-state index contributed by atoms with van der Waals surface area (Å²) in [6.45, 7) is -1.70. The van der Waals surface area contributed by atoms with Gasteiger partial charge in [0.25, 0.3) is 0 Å². The van der Waals surface area contributed by atoms with E-state index in [1.807, 2.05) is 91.0 Å². The Morgan fingerprint density at radius 3 is 0.990 bits per heavy atom. The van der Waals surface area contributed by atoms with Crippen molar-refractivity contribution in [2.45, 2.75) is 112 Å². The first-order valence-electron chi connectivity index (χ1n) is 33.5. The average molecular weight is 1400 g/mol. The van der Waals surface area contributed by atoms with E-state index >= 15 is 4.79 Å². The van der Waals surface area contributed by atoms with Crippen molar-refractivity contribution in [3.8, 4) is 0 Å². The highest BCUT2D eigenvalue weighted by Gasteiger charge is 2.59. The molecule has 0 bridgehead atoms. The van der Waals surface area contributed by atoms with Gasteiger partial charge in [-0.3, -0.25) is 0 Å². The van der Waals surface area contributed by atoms with Gasteiger partial charge in [0.05, 0.1) is 59.8 Å². The van der Waals surface area contributed by atoms with Crippen LogP contribution in [0.1, 0.15) is 78.8 Å². The minimum absolute atomic E-state index is 0.00964. The summed E-state index contributed by atoms with van der Waals surface area (Å²) in [6, 6.07) is 74.5. The number of aliphatic hydroxyl groups is 2. The molecule has 0 aromatic heterocycles. The van der Waals surface area contributed by atoms with Gasteiger partial charge >= 0.3 is 35.8 Å². The molecule has 3 fully saturated rings. The van der Waals surface area contributed by atoms with Crippen molar-refractivity contribution < 1.29 is 105 Å². The largest absolute Gasteiger partial charge is 0.459 e. The van der Waals surface area contributed by atoms with Gasteiger partial charge in [-0.25, -0.2) is 28.8 Å². The third kappa shape index (κ3) is 19.1. The molecule has 530 valence electrons. The molecular weight excluding hydrogens is 1320 g/mol. The van der Waals surface area contributed by atoms with E-state index in [2.05, 4.69) is 0 Å². The molecule has 15 atom stereocenters. The first kappa shape index (κ1) is 72.2. The van der Waals surface area contributed by atoms with Crippen LogP contribution in [0.25, 0.3) is 0 Å². The lowest BCUT2D eigenvalue weighted by atomic mass is 9.95. The van der Waals surface area contributed by atoms with Crippen molar-refractivity contribution >= 4 is 35.8 Å². The Balaban J connectivity index is 0.998. The maximum Gasteiger partial charge on any atom is 0.338 e. The molecule has 103 heavy (non-hydrogen) atoms. The number of carbonyl (C=O) groups excluding carboxylic acids is 6. The molecule has 2 N–H and O–H groups in total. The second-order valence-electron chi connectivity index (χ2n) is 24.2. The third-order valence-corrected chi connectivity index (χ3v) is 17.2. The van der Waals surface area contributed by atoms with Gasteiger partial charge in [-0.1, -0.05) is 200 Å². The summed E-state index contributed by atoms with van der Waals surface area (Å²) in [5.41, 5.74) is 2.48. The van der Waals surface area contributed by atoms with E-state index in [4.69, 9.17) is 66.3 Å². The van der Waals surface area contributed by atoms with Crippen molar-refractivity contribution in [2.24, 2.45) is 0 Å². The van der Waals surface area contributed by atoms with Gasteiger partial charge in [0, 0.05) is 0 Å². The number of ether oxygens (including phenoxy) is 14. The van der Waals surface area contributed by atoms with Crippen LogP contribution in [0, 0.1) is 0 Å². The Kier molecular flexibility index (Phi) is 25.1. The molecule has 9 aromatic carbocycles. The molecule has 0 radical (unpaired) electrons. The van der Waals surface area contributed by atoms with Gasteiger partial charge in [0.1, 0.15) is 62.0 Å². The smallest absolute Gasteiger partial charge is 0.338 e. The second-order valence-corrected chi connectivity index (χ2v) is 24.2. The van der Waals surface area contributed by atoms with Crippen LogP contribution in [0.5, 0.6) is 0 Å². The maximum absolute atomic E-state index is 15.2. The molecule has 0 spiro atoms. The van der Waals surface area contributed by atoms with E-state index in [9.17, 15) is 34.2 Å². The molecule has 22 nitrogen and oxygen atoms in total. The highest BCUT2D eigenvalue weighted by atomic mass is 16.8. The van der Waals surface area contributed by atoms with Crippen LogP contribution in [0.3, 0.4) is 0 Å². The Hall–Kier alpha value is -10.6. The Morgan fingerprint density at radius 1 is 0.282 bits per heavy atom.